The van der Waals surface area contributed by atoms with Crippen molar-refractivity contribution in [3.63, 3.8) is 0 Å². The van der Waals surface area contributed by atoms with Crippen molar-refractivity contribution in [3.8, 4) is 28.7 Å². The van der Waals surface area contributed by atoms with Crippen molar-refractivity contribution in [1.29, 1.82) is 5.26 Å². The van der Waals surface area contributed by atoms with Crippen LogP contribution >= 0.6 is 0 Å². The summed E-state index contributed by atoms with van der Waals surface area (Å²) in [6, 6.07) is 17.3. The third kappa shape index (κ3) is 5.56. The molecule has 0 aliphatic carbocycles. The number of benzene rings is 1. The summed E-state index contributed by atoms with van der Waals surface area (Å²) in [5.41, 5.74) is 5.28. The summed E-state index contributed by atoms with van der Waals surface area (Å²) in [5, 5.41) is 21.0. The molecule has 0 aliphatic rings. The molecule has 0 saturated heterocycles. The summed E-state index contributed by atoms with van der Waals surface area (Å²) in [5.74, 6) is 0.453. The largest absolute Gasteiger partial charge is 0.383 e. The maximum Gasteiger partial charge on any atom is 0.223 e. The first-order valence-corrected chi connectivity index (χ1v) is 10.7. The average molecular weight is 441 g/mol. The lowest BCUT2D eigenvalue weighted by Gasteiger charge is -2.09. The SMILES string of the molecule is CCc1cccc(Cn2cc(-c3cc(-c4cccc(C#N)c4)nc(NCCOC)n3)nn2)n1. The predicted octanol–water partition coefficient (Wildman–Crippen LogP) is 3.34. The smallest absolute Gasteiger partial charge is 0.223 e. The first-order chi connectivity index (χ1) is 16.2. The molecule has 9 heteroatoms. The van der Waals surface area contributed by atoms with Crippen LogP contribution in [0.5, 0.6) is 0 Å². The number of hydrogen-bond acceptors (Lipinski definition) is 8. The Morgan fingerprint density at radius 3 is 2.64 bits per heavy atom. The van der Waals surface area contributed by atoms with Crippen molar-refractivity contribution < 1.29 is 4.74 Å². The number of nitrogens with zero attached hydrogens (tertiary/aromatic N) is 7. The highest BCUT2D eigenvalue weighted by Gasteiger charge is 2.13. The van der Waals surface area contributed by atoms with Gasteiger partial charge in [0.2, 0.25) is 5.95 Å². The molecule has 3 aromatic heterocycles. The van der Waals surface area contributed by atoms with Crippen LogP contribution in [0.3, 0.4) is 0 Å². The van der Waals surface area contributed by atoms with Gasteiger partial charge in [-0.25, -0.2) is 14.6 Å². The predicted molar refractivity (Wildman–Crippen MR) is 124 cm³/mol. The molecule has 4 rings (SSSR count). The summed E-state index contributed by atoms with van der Waals surface area (Å²) in [7, 11) is 1.64. The molecule has 0 atom stereocenters. The fourth-order valence-corrected chi connectivity index (χ4v) is 3.29. The van der Waals surface area contributed by atoms with Crippen molar-refractivity contribution >= 4 is 5.95 Å². The second-order valence-electron chi connectivity index (χ2n) is 7.35. The minimum Gasteiger partial charge on any atom is -0.383 e. The number of nitriles is 1. The Morgan fingerprint density at radius 1 is 1.00 bits per heavy atom. The standard InChI is InChI=1S/C24H24N8O/c1-3-19-8-5-9-20(27-19)15-32-16-23(30-31-32)22-13-21(18-7-4-6-17(12-18)14-25)28-24(29-22)26-10-11-33-2/h4-9,12-13,16H,3,10-11,15H2,1-2H3,(H,26,28,29). The number of methoxy groups -OCH3 is 1. The highest BCUT2D eigenvalue weighted by Crippen LogP contribution is 2.25. The summed E-state index contributed by atoms with van der Waals surface area (Å²) in [6.45, 7) is 3.68. The van der Waals surface area contributed by atoms with Gasteiger partial charge in [0, 0.05) is 24.9 Å². The van der Waals surface area contributed by atoms with Crippen LogP contribution in [-0.4, -0.2) is 50.2 Å². The molecule has 0 saturated carbocycles. The van der Waals surface area contributed by atoms with E-state index < -0.39 is 0 Å². The van der Waals surface area contributed by atoms with Gasteiger partial charge in [-0.05, 0) is 36.8 Å². The third-order valence-corrected chi connectivity index (χ3v) is 4.95. The highest BCUT2D eigenvalue weighted by atomic mass is 16.5. The Labute approximate surface area is 192 Å². The molecule has 166 valence electrons. The van der Waals surface area contributed by atoms with Crippen molar-refractivity contribution in [2.45, 2.75) is 19.9 Å². The van der Waals surface area contributed by atoms with Gasteiger partial charge in [0.25, 0.3) is 0 Å². The van der Waals surface area contributed by atoms with E-state index in [1.165, 1.54) is 0 Å². The van der Waals surface area contributed by atoms with Crippen LogP contribution in [0.15, 0.2) is 54.7 Å². The molecular weight excluding hydrogens is 416 g/mol. The molecule has 1 aromatic carbocycles. The van der Waals surface area contributed by atoms with E-state index in [9.17, 15) is 5.26 Å². The summed E-state index contributed by atoms with van der Waals surface area (Å²) in [4.78, 5) is 13.9. The zero-order valence-electron chi connectivity index (χ0n) is 18.6. The van der Waals surface area contributed by atoms with Gasteiger partial charge in [0.05, 0.1) is 48.1 Å². The van der Waals surface area contributed by atoms with Crippen LogP contribution in [0, 0.1) is 11.3 Å². The Bertz CT molecular complexity index is 1280. The maximum absolute atomic E-state index is 9.26. The second kappa shape index (κ2) is 10.4. The number of pyridine rings is 1. The summed E-state index contributed by atoms with van der Waals surface area (Å²) in [6.07, 6.45) is 2.73. The van der Waals surface area contributed by atoms with Crippen LogP contribution in [-0.2, 0) is 17.7 Å². The van der Waals surface area contributed by atoms with Gasteiger partial charge in [-0.2, -0.15) is 5.26 Å². The lowest BCUT2D eigenvalue weighted by molar-refractivity contribution is 0.210. The monoisotopic (exact) mass is 440 g/mol. The number of hydrogen-bond donors (Lipinski definition) is 1. The molecular formula is C24H24N8O. The summed E-state index contributed by atoms with van der Waals surface area (Å²) >= 11 is 0. The zero-order chi connectivity index (χ0) is 23.0. The second-order valence-corrected chi connectivity index (χ2v) is 7.35. The Balaban J connectivity index is 1.66. The highest BCUT2D eigenvalue weighted by molar-refractivity contribution is 5.68. The van der Waals surface area contributed by atoms with Crippen LogP contribution in [0.25, 0.3) is 22.6 Å². The first-order valence-electron chi connectivity index (χ1n) is 10.7. The van der Waals surface area contributed by atoms with Crippen molar-refractivity contribution in [2.75, 3.05) is 25.6 Å². The first kappa shape index (κ1) is 22.0. The van der Waals surface area contributed by atoms with Gasteiger partial charge >= 0.3 is 0 Å². The van der Waals surface area contributed by atoms with E-state index in [1.54, 1.807) is 23.9 Å². The van der Waals surface area contributed by atoms with E-state index in [0.717, 1.165) is 23.4 Å². The van der Waals surface area contributed by atoms with Crippen molar-refractivity contribution in [3.05, 3.63) is 71.7 Å². The topological polar surface area (TPSA) is 114 Å². The molecule has 4 aromatic rings. The van der Waals surface area contributed by atoms with Crippen LogP contribution < -0.4 is 5.32 Å². The van der Waals surface area contributed by atoms with Gasteiger partial charge in [-0.15, -0.1) is 5.10 Å². The van der Waals surface area contributed by atoms with E-state index in [4.69, 9.17) is 4.74 Å². The van der Waals surface area contributed by atoms with Crippen molar-refractivity contribution in [1.82, 2.24) is 29.9 Å². The van der Waals surface area contributed by atoms with E-state index >= 15 is 0 Å². The normalized spacial score (nSPS) is 10.7. The Morgan fingerprint density at radius 2 is 1.82 bits per heavy atom. The molecule has 0 unspecified atom stereocenters. The Hall–Kier alpha value is -4.16. The molecule has 0 bridgehead atoms. The molecule has 0 aliphatic heterocycles. The van der Waals surface area contributed by atoms with Gasteiger partial charge in [0.15, 0.2) is 0 Å². The fourth-order valence-electron chi connectivity index (χ4n) is 3.29. The minimum atomic E-state index is 0.453. The molecule has 33 heavy (non-hydrogen) atoms. The lowest BCUT2D eigenvalue weighted by atomic mass is 10.1. The van der Waals surface area contributed by atoms with Crippen molar-refractivity contribution in [2.24, 2.45) is 0 Å². The van der Waals surface area contributed by atoms with Gasteiger partial charge in [-0.1, -0.05) is 30.3 Å². The molecule has 3 heterocycles. The molecule has 0 spiro atoms. The van der Waals surface area contributed by atoms with Crippen LogP contribution in [0.1, 0.15) is 23.9 Å². The zero-order valence-corrected chi connectivity index (χ0v) is 18.6. The fraction of sp³-hybridized carbons (Fsp3) is 0.250. The van der Waals surface area contributed by atoms with Gasteiger partial charge in [-0.3, -0.25) is 4.98 Å². The third-order valence-electron chi connectivity index (χ3n) is 4.95. The number of anilines is 1. The molecule has 0 fully saturated rings. The Kier molecular flexibility index (Phi) is 6.97. The molecule has 0 amide bonds. The number of ether oxygens (including phenoxy) is 1. The number of aromatic nitrogens is 6. The van der Waals surface area contributed by atoms with E-state index in [2.05, 4.69) is 43.6 Å². The number of aryl methyl sites for hydroxylation is 1. The van der Waals surface area contributed by atoms with E-state index in [0.29, 0.717) is 48.3 Å². The molecule has 0 radical (unpaired) electrons. The average Bonchev–Trinajstić information content (AvgIpc) is 3.32. The number of nitrogens with one attached hydrogen (secondary N) is 1. The van der Waals surface area contributed by atoms with Gasteiger partial charge < -0.3 is 10.1 Å². The quantitative estimate of drug-likeness (QED) is 0.394. The van der Waals surface area contributed by atoms with Gasteiger partial charge in [0.1, 0.15) is 5.69 Å². The molecule has 9 nitrogen and oxygen atoms in total. The number of rotatable bonds is 9. The molecule has 1 N–H and O–H groups in total. The lowest BCUT2D eigenvalue weighted by Crippen LogP contribution is -2.11. The minimum absolute atomic E-state index is 0.453. The summed E-state index contributed by atoms with van der Waals surface area (Å²) < 4.78 is 6.86. The van der Waals surface area contributed by atoms with Crippen LogP contribution in [0.4, 0.5) is 5.95 Å². The van der Waals surface area contributed by atoms with Crippen LogP contribution in [0.2, 0.25) is 0 Å². The van der Waals surface area contributed by atoms with E-state index in [-0.39, 0.29) is 0 Å². The van der Waals surface area contributed by atoms with E-state index in [1.807, 2.05) is 42.6 Å². The maximum atomic E-state index is 9.26.